The van der Waals surface area contributed by atoms with Crippen LogP contribution in [-0.4, -0.2) is 37.9 Å². The number of sulfonamides is 1. The average molecular weight is 571 g/mol. The van der Waals surface area contributed by atoms with Crippen molar-refractivity contribution in [2.24, 2.45) is 5.10 Å². The third kappa shape index (κ3) is 6.51. The van der Waals surface area contributed by atoms with Crippen LogP contribution in [0.25, 0.3) is 5.69 Å². The minimum Gasteiger partial charge on any atom is -0.318 e. The summed E-state index contributed by atoms with van der Waals surface area (Å²) in [4.78, 5) is 12.4. The molecule has 0 spiro atoms. The van der Waals surface area contributed by atoms with Crippen LogP contribution in [0, 0.1) is 13.8 Å². The van der Waals surface area contributed by atoms with E-state index in [1.165, 1.54) is 12.3 Å². The smallest absolute Gasteiger partial charge is 0.318 e. The summed E-state index contributed by atoms with van der Waals surface area (Å²) in [7, 11) is -4.05. The van der Waals surface area contributed by atoms with E-state index < -0.39 is 34.2 Å². The van der Waals surface area contributed by atoms with Gasteiger partial charge < -0.3 is 4.57 Å². The van der Waals surface area contributed by atoms with E-state index in [1.54, 1.807) is 0 Å². The van der Waals surface area contributed by atoms with E-state index in [-0.39, 0.29) is 5.69 Å². The molecular weight excluding hydrogens is 549 g/mol. The summed E-state index contributed by atoms with van der Waals surface area (Å²) in [5.74, 6) is -0.815. The maximum Gasteiger partial charge on any atom is 0.416 e. The fourth-order valence-electron chi connectivity index (χ4n) is 3.51. The number of amides is 1. The Hall–Kier alpha value is -3.12. The number of carbonyl (C=O) groups is 1. The molecule has 0 fully saturated rings. The van der Waals surface area contributed by atoms with Gasteiger partial charge in [0.25, 0.3) is 5.91 Å². The number of carbonyl (C=O) groups excluding carboxylic acids is 1. The lowest BCUT2D eigenvalue weighted by molar-refractivity contribution is -0.137. The van der Waals surface area contributed by atoms with Crippen molar-refractivity contribution < 1.29 is 26.4 Å². The lowest BCUT2D eigenvalue weighted by atomic mass is 10.2. The minimum absolute atomic E-state index is 0.279. The summed E-state index contributed by atoms with van der Waals surface area (Å²) in [6.45, 7) is 3.06. The van der Waals surface area contributed by atoms with Crippen LogP contribution in [0.4, 0.5) is 18.9 Å². The van der Waals surface area contributed by atoms with Gasteiger partial charge in [-0.1, -0.05) is 28.1 Å². The zero-order chi connectivity index (χ0) is 26.0. The summed E-state index contributed by atoms with van der Waals surface area (Å²) in [6, 6.07) is 13.3. The van der Waals surface area contributed by atoms with Crippen LogP contribution < -0.4 is 9.73 Å². The number of halogens is 4. The fraction of sp³-hybridized carbons (Fsp3) is 0.217. The van der Waals surface area contributed by atoms with Crippen LogP contribution in [0.3, 0.4) is 0 Å². The summed E-state index contributed by atoms with van der Waals surface area (Å²) in [6.07, 6.45) is -2.43. The first-order valence-electron chi connectivity index (χ1n) is 10.2. The van der Waals surface area contributed by atoms with Crippen molar-refractivity contribution in [1.29, 1.82) is 0 Å². The Morgan fingerprint density at radius 3 is 2.46 bits per heavy atom. The van der Waals surface area contributed by atoms with Crippen LogP contribution in [-0.2, 0) is 21.0 Å². The lowest BCUT2D eigenvalue weighted by Gasteiger charge is -2.22. The molecular formula is C23H22BrF3N4O3S. The third-order valence-corrected chi connectivity index (χ3v) is 6.71. The van der Waals surface area contributed by atoms with Crippen LogP contribution in [0.5, 0.6) is 0 Å². The molecule has 0 aliphatic rings. The number of anilines is 1. The molecule has 3 rings (SSSR count). The van der Waals surface area contributed by atoms with Crippen molar-refractivity contribution in [3.63, 3.8) is 0 Å². The first-order valence-corrected chi connectivity index (χ1v) is 12.8. The van der Waals surface area contributed by atoms with E-state index in [4.69, 9.17) is 0 Å². The maximum absolute atomic E-state index is 13.0. The standard InChI is InChI=1S/C23H22BrF3N4O3S/c1-15-10-17(16(2)31(15)21-9-5-7-19(24)12-21)13-28-29-22(32)14-30(35(3,33)34)20-8-4-6-18(11-20)23(25,26)27/h4-13H,14H2,1-3H3,(H,29,32)/b28-13-. The molecule has 0 aliphatic carbocycles. The lowest BCUT2D eigenvalue weighted by Crippen LogP contribution is -2.39. The van der Waals surface area contributed by atoms with Crippen molar-refractivity contribution in [3.05, 3.63) is 81.6 Å². The number of hydrogen-bond acceptors (Lipinski definition) is 4. The Morgan fingerprint density at radius 2 is 1.83 bits per heavy atom. The molecule has 12 heteroatoms. The SMILES string of the molecule is Cc1cc(/C=N\NC(=O)CN(c2cccc(C(F)(F)F)c2)S(C)(=O)=O)c(C)n1-c1cccc(Br)c1. The van der Waals surface area contributed by atoms with Gasteiger partial charge in [0.05, 0.1) is 23.7 Å². The predicted molar refractivity (Wildman–Crippen MR) is 132 cm³/mol. The predicted octanol–water partition coefficient (Wildman–Crippen LogP) is 4.79. The van der Waals surface area contributed by atoms with Gasteiger partial charge in [-0.05, 0) is 56.3 Å². The van der Waals surface area contributed by atoms with E-state index in [0.29, 0.717) is 10.4 Å². The molecule has 1 amide bonds. The van der Waals surface area contributed by atoms with Gasteiger partial charge in [-0.25, -0.2) is 13.8 Å². The molecule has 7 nitrogen and oxygen atoms in total. The van der Waals surface area contributed by atoms with Crippen LogP contribution >= 0.6 is 15.9 Å². The number of aryl methyl sites for hydroxylation is 1. The molecule has 2 aromatic carbocycles. The Labute approximate surface area is 209 Å². The number of rotatable bonds is 7. The molecule has 186 valence electrons. The van der Waals surface area contributed by atoms with Crippen LogP contribution in [0.1, 0.15) is 22.5 Å². The number of hydrogen-bond donors (Lipinski definition) is 1. The van der Waals surface area contributed by atoms with Gasteiger partial charge in [0.15, 0.2) is 0 Å². The first-order chi connectivity index (χ1) is 16.3. The molecule has 1 heterocycles. The van der Waals surface area contributed by atoms with Crippen LogP contribution in [0.2, 0.25) is 0 Å². The molecule has 0 aliphatic heterocycles. The normalized spacial score (nSPS) is 12.2. The third-order valence-electron chi connectivity index (χ3n) is 5.08. The van der Waals surface area contributed by atoms with E-state index in [9.17, 15) is 26.4 Å². The number of benzene rings is 2. The molecule has 35 heavy (non-hydrogen) atoms. The number of alkyl halides is 3. The van der Waals surface area contributed by atoms with E-state index in [1.807, 2.05) is 48.7 Å². The molecule has 0 unspecified atom stereocenters. The summed E-state index contributed by atoms with van der Waals surface area (Å²) < 4.78 is 67.0. The summed E-state index contributed by atoms with van der Waals surface area (Å²) in [5, 5.41) is 3.91. The van der Waals surface area contributed by atoms with Crippen molar-refractivity contribution in [2.75, 3.05) is 17.1 Å². The van der Waals surface area contributed by atoms with Gasteiger partial charge in [-0.15, -0.1) is 0 Å². The second kappa shape index (κ2) is 10.2. The van der Waals surface area contributed by atoms with E-state index in [2.05, 4.69) is 26.5 Å². The molecule has 0 bridgehead atoms. The molecule has 1 N–H and O–H groups in total. The average Bonchev–Trinajstić information content (AvgIpc) is 3.03. The van der Waals surface area contributed by atoms with Crippen molar-refractivity contribution in [1.82, 2.24) is 9.99 Å². The number of nitrogens with zero attached hydrogens (tertiary/aromatic N) is 3. The Kier molecular flexibility index (Phi) is 7.75. The van der Waals surface area contributed by atoms with Gasteiger partial charge >= 0.3 is 6.18 Å². The molecule has 0 saturated heterocycles. The number of aromatic nitrogens is 1. The molecule has 0 atom stereocenters. The van der Waals surface area contributed by atoms with Crippen LogP contribution in [0.15, 0.2) is 64.2 Å². The van der Waals surface area contributed by atoms with E-state index >= 15 is 0 Å². The van der Waals surface area contributed by atoms with Crippen molar-refractivity contribution in [2.45, 2.75) is 20.0 Å². The van der Waals surface area contributed by atoms with Crippen molar-refractivity contribution >= 4 is 43.8 Å². The first kappa shape index (κ1) is 26.5. The number of nitrogens with one attached hydrogen (secondary N) is 1. The topological polar surface area (TPSA) is 83.8 Å². The molecule has 1 aromatic heterocycles. The molecule has 3 aromatic rings. The summed E-state index contributed by atoms with van der Waals surface area (Å²) >= 11 is 3.45. The zero-order valence-electron chi connectivity index (χ0n) is 19.0. The number of hydrazone groups is 1. The Balaban J connectivity index is 1.77. The van der Waals surface area contributed by atoms with Gasteiger partial charge in [-0.2, -0.15) is 18.3 Å². The zero-order valence-corrected chi connectivity index (χ0v) is 21.4. The quantitative estimate of drug-likeness (QED) is 0.327. The van der Waals surface area contributed by atoms with Gasteiger partial charge in [0.2, 0.25) is 10.0 Å². The second-order valence-electron chi connectivity index (χ2n) is 7.75. The van der Waals surface area contributed by atoms with Gasteiger partial charge in [-0.3, -0.25) is 9.10 Å². The monoisotopic (exact) mass is 570 g/mol. The van der Waals surface area contributed by atoms with Crippen molar-refractivity contribution in [3.8, 4) is 5.69 Å². The highest BCUT2D eigenvalue weighted by Gasteiger charge is 2.32. The molecule has 0 radical (unpaired) electrons. The highest BCUT2D eigenvalue weighted by molar-refractivity contribution is 9.10. The fourth-order valence-corrected chi connectivity index (χ4v) is 4.74. The Bertz CT molecular complexity index is 1380. The summed E-state index contributed by atoms with van der Waals surface area (Å²) in [5.41, 5.74) is 4.38. The van der Waals surface area contributed by atoms with Gasteiger partial charge in [0, 0.05) is 27.1 Å². The maximum atomic E-state index is 13.0. The highest BCUT2D eigenvalue weighted by Crippen LogP contribution is 2.32. The molecule has 0 saturated carbocycles. The largest absolute Gasteiger partial charge is 0.416 e. The van der Waals surface area contributed by atoms with E-state index in [0.717, 1.165) is 45.5 Å². The second-order valence-corrected chi connectivity index (χ2v) is 10.6. The highest BCUT2D eigenvalue weighted by atomic mass is 79.9. The Morgan fingerprint density at radius 1 is 1.14 bits per heavy atom. The van der Waals surface area contributed by atoms with Gasteiger partial charge in [0.1, 0.15) is 6.54 Å². The minimum atomic E-state index is -4.66.